The second-order valence-corrected chi connectivity index (χ2v) is 10.6. The van der Waals surface area contributed by atoms with Crippen LogP contribution in [0.4, 0.5) is 0 Å². The molecular weight excluding hydrogens is 491 g/mol. The smallest absolute Gasteiger partial charge is 0.215 e. The fourth-order valence-corrected chi connectivity index (χ4v) is 6.28. The summed E-state index contributed by atoms with van der Waals surface area (Å²) >= 11 is 3.74. The average molecular weight is 523 g/mol. The van der Waals surface area contributed by atoms with Gasteiger partial charge in [0, 0.05) is 42.4 Å². The Kier molecular flexibility index (Phi) is 11.5. The van der Waals surface area contributed by atoms with Crippen molar-refractivity contribution in [3.63, 3.8) is 0 Å². The zero-order chi connectivity index (χ0) is 17.4. The van der Waals surface area contributed by atoms with Crippen LogP contribution in [-0.4, -0.2) is 79.7 Å². The summed E-state index contributed by atoms with van der Waals surface area (Å²) in [5, 5.41) is 7.41. The lowest BCUT2D eigenvalue weighted by atomic mass is 10.2. The molecule has 0 spiro atoms. The van der Waals surface area contributed by atoms with Gasteiger partial charge in [0.25, 0.3) is 0 Å². The molecule has 2 fully saturated rings. The van der Waals surface area contributed by atoms with E-state index >= 15 is 0 Å². The Hall–Kier alpha value is 0.610. The molecule has 2 aliphatic rings. The molecule has 1 saturated heterocycles. The fraction of sp³-hybridized carbons (Fsp3) is 0.933. The van der Waals surface area contributed by atoms with Gasteiger partial charge in [-0.15, -0.1) is 24.0 Å². The summed E-state index contributed by atoms with van der Waals surface area (Å²) < 4.78 is 26.3. The average Bonchev–Trinajstić information content (AvgIpc) is 3.03. The Bertz CT molecular complexity index is 513. The molecule has 0 radical (unpaired) electrons. The molecule has 10 heteroatoms. The summed E-state index contributed by atoms with van der Waals surface area (Å²) in [6, 6.07) is 0.441. The van der Waals surface area contributed by atoms with E-state index in [9.17, 15) is 8.42 Å². The molecule has 0 aromatic heterocycles. The number of halogens is 1. The van der Waals surface area contributed by atoms with E-state index in [1.165, 1.54) is 6.42 Å². The van der Waals surface area contributed by atoms with Crippen LogP contribution in [0.15, 0.2) is 4.99 Å². The Morgan fingerprint density at radius 2 is 2.04 bits per heavy atom. The van der Waals surface area contributed by atoms with Crippen molar-refractivity contribution >= 4 is 63.5 Å². The first-order valence-corrected chi connectivity index (χ1v) is 12.7. The first-order chi connectivity index (χ1) is 11.5. The second-order valence-electron chi connectivity index (χ2n) is 6.10. The minimum atomic E-state index is -3.18. The van der Waals surface area contributed by atoms with Crippen molar-refractivity contribution < 1.29 is 8.42 Å². The monoisotopic (exact) mass is 522 g/mol. The molecule has 1 heterocycles. The quantitative estimate of drug-likeness (QED) is 0.302. The molecule has 0 bridgehead atoms. The Labute approximate surface area is 178 Å². The van der Waals surface area contributed by atoms with Crippen LogP contribution in [0.25, 0.3) is 0 Å². The zero-order valence-corrected chi connectivity index (χ0v) is 19.8. The van der Waals surface area contributed by atoms with Crippen LogP contribution in [0.5, 0.6) is 0 Å². The lowest BCUT2D eigenvalue weighted by Gasteiger charge is -2.25. The van der Waals surface area contributed by atoms with Gasteiger partial charge in [0.05, 0.1) is 12.3 Å². The molecule has 2 N–H and O–H groups in total. The van der Waals surface area contributed by atoms with Crippen LogP contribution in [-0.2, 0) is 10.0 Å². The number of guanidine groups is 1. The Balaban J connectivity index is 0.00000312. The molecule has 148 valence electrons. The summed E-state index contributed by atoms with van der Waals surface area (Å²) in [4.78, 5) is 4.48. The van der Waals surface area contributed by atoms with E-state index in [0.717, 1.165) is 42.1 Å². The van der Waals surface area contributed by atoms with Crippen LogP contribution in [0.1, 0.15) is 26.2 Å². The van der Waals surface area contributed by atoms with Gasteiger partial charge in [-0.2, -0.15) is 23.5 Å². The molecule has 0 amide bonds. The highest BCUT2D eigenvalue weighted by Crippen LogP contribution is 2.28. The van der Waals surface area contributed by atoms with Crippen molar-refractivity contribution in [1.82, 2.24) is 14.9 Å². The molecule has 0 aromatic rings. The molecule has 2 rings (SSSR count). The predicted octanol–water partition coefficient (Wildman–Crippen LogP) is 1.82. The summed E-state index contributed by atoms with van der Waals surface area (Å²) in [5.74, 6) is 2.62. The van der Waals surface area contributed by atoms with Crippen molar-refractivity contribution in [1.29, 1.82) is 0 Å². The summed E-state index contributed by atoms with van der Waals surface area (Å²) in [5.41, 5.74) is 0. The second kappa shape index (κ2) is 12.1. The standard InChI is InChI=1S/C15H30N4O2S3.HI/c1-3-16-15(18-13-4-5-14(12-13)22-2)17-6-11-24(20,21)19-7-9-23-10-8-19;/h13-14H,3-12H2,1-2H3,(H2,16,17,18);1H. The van der Waals surface area contributed by atoms with Gasteiger partial charge < -0.3 is 10.6 Å². The summed E-state index contributed by atoms with van der Waals surface area (Å²) in [6.45, 7) is 4.37. The van der Waals surface area contributed by atoms with Crippen molar-refractivity contribution in [3.05, 3.63) is 0 Å². The third-order valence-electron chi connectivity index (χ3n) is 4.39. The van der Waals surface area contributed by atoms with E-state index < -0.39 is 10.0 Å². The molecule has 0 aromatic carbocycles. The van der Waals surface area contributed by atoms with Gasteiger partial charge in [0.2, 0.25) is 10.0 Å². The van der Waals surface area contributed by atoms with Crippen LogP contribution in [0.2, 0.25) is 0 Å². The van der Waals surface area contributed by atoms with E-state index in [1.807, 2.05) is 30.4 Å². The maximum Gasteiger partial charge on any atom is 0.215 e. The number of thioether (sulfide) groups is 2. The maximum absolute atomic E-state index is 12.4. The highest BCUT2D eigenvalue weighted by molar-refractivity contribution is 14.0. The minimum Gasteiger partial charge on any atom is -0.357 e. The van der Waals surface area contributed by atoms with Crippen molar-refractivity contribution in [2.45, 2.75) is 37.5 Å². The van der Waals surface area contributed by atoms with E-state index in [0.29, 0.717) is 25.7 Å². The number of rotatable bonds is 7. The summed E-state index contributed by atoms with van der Waals surface area (Å²) in [7, 11) is -3.18. The minimum absolute atomic E-state index is 0. The largest absolute Gasteiger partial charge is 0.357 e. The molecule has 1 aliphatic heterocycles. The topological polar surface area (TPSA) is 73.8 Å². The zero-order valence-electron chi connectivity index (χ0n) is 15.1. The Morgan fingerprint density at radius 3 is 2.64 bits per heavy atom. The van der Waals surface area contributed by atoms with E-state index in [2.05, 4.69) is 21.9 Å². The highest BCUT2D eigenvalue weighted by atomic mass is 127. The third-order valence-corrected chi connectivity index (χ3v) is 8.27. The van der Waals surface area contributed by atoms with Crippen LogP contribution >= 0.6 is 47.5 Å². The van der Waals surface area contributed by atoms with Gasteiger partial charge in [-0.05, 0) is 32.4 Å². The Morgan fingerprint density at radius 1 is 1.32 bits per heavy atom. The molecule has 6 nitrogen and oxygen atoms in total. The van der Waals surface area contributed by atoms with Crippen LogP contribution in [0.3, 0.4) is 0 Å². The lowest BCUT2D eigenvalue weighted by Crippen LogP contribution is -2.43. The highest BCUT2D eigenvalue weighted by Gasteiger charge is 2.25. The van der Waals surface area contributed by atoms with Gasteiger partial charge in [0.15, 0.2) is 5.96 Å². The first kappa shape index (κ1) is 23.6. The van der Waals surface area contributed by atoms with E-state index in [1.54, 1.807) is 4.31 Å². The number of hydrogen-bond acceptors (Lipinski definition) is 5. The van der Waals surface area contributed by atoms with E-state index in [-0.39, 0.29) is 29.7 Å². The SMILES string of the molecule is CCNC(=NCCS(=O)(=O)N1CCSCC1)NC1CCC(SC)C1.I. The number of nitrogens with zero attached hydrogens (tertiary/aromatic N) is 2. The molecule has 2 unspecified atom stereocenters. The molecule has 2 atom stereocenters. The fourth-order valence-electron chi connectivity index (χ4n) is 3.03. The number of nitrogens with one attached hydrogen (secondary N) is 2. The van der Waals surface area contributed by atoms with E-state index in [4.69, 9.17) is 0 Å². The third kappa shape index (κ3) is 8.02. The van der Waals surface area contributed by atoms with Crippen molar-refractivity contribution in [2.75, 3.05) is 49.7 Å². The van der Waals surface area contributed by atoms with Crippen molar-refractivity contribution in [2.24, 2.45) is 4.99 Å². The normalized spacial score (nSPS) is 25.4. The van der Waals surface area contributed by atoms with Gasteiger partial charge in [-0.25, -0.2) is 12.7 Å². The molecule has 25 heavy (non-hydrogen) atoms. The summed E-state index contributed by atoms with van der Waals surface area (Å²) in [6.07, 6.45) is 5.70. The first-order valence-electron chi connectivity index (χ1n) is 8.68. The molecule has 1 aliphatic carbocycles. The predicted molar refractivity (Wildman–Crippen MR) is 122 cm³/mol. The van der Waals surface area contributed by atoms with Crippen molar-refractivity contribution in [3.8, 4) is 0 Å². The van der Waals surface area contributed by atoms with Gasteiger partial charge in [0.1, 0.15) is 0 Å². The van der Waals surface area contributed by atoms with Gasteiger partial charge >= 0.3 is 0 Å². The van der Waals surface area contributed by atoms with Crippen LogP contribution in [0, 0.1) is 0 Å². The maximum atomic E-state index is 12.4. The molecule has 1 saturated carbocycles. The molecular formula is C15H31IN4O2S3. The number of sulfonamides is 1. The number of aliphatic imine (C=N–C) groups is 1. The number of hydrogen-bond donors (Lipinski definition) is 2. The van der Waals surface area contributed by atoms with Gasteiger partial charge in [-0.1, -0.05) is 0 Å². The van der Waals surface area contributed by atoms with Crippen LogP contribution < -0.4 is 10.6 Å². The van der Waals surface area contributed by atoms with Gasteiger partial charge in [-0.3, -0.25) is 4.99 Å². The lowest BCUT2D eigenvalue weighted by molar-refractivity contribution is 0.444.